The minimum atomic E-state index is -0.749. The summed E-state index contributed by atoms with van der Waals surface area (Å²) in [4.78, 5) is 11.5. The third-order valence-corrected chi connectivity index (χ3v) is 5.24. The molecule has 0 radical (unpaired) electrons. The highest BCUT2D eigenvalue weighted by atomic mass is 32.2. The molecule has 4 heteroatoms. The monoisotopic (exact) mass is 293 g/mol. The zero-order valence-corrected chi connectivity index (χ0v) is 12.7. The molecule has 0 aliphatic heterocycles. The third kappa shape index (κ3) is 4.00. The Balaban J connectivity index is 1.94. The second-order valence-electron chi connectivity index (χ2n) is 5.24. The van der Waals surface area contributed by atoms with Crippen LogP contribution < -0.4 is 5.32 Å². The lowest BCUT2D eigenvalue weighted by molar-refractivity contribution is -0.138. The molecule has 1 fully saturated rings. The molecule has 3 atom stereocenters. The van der Waals surface area contributed by atoms with E-state index in [1.165, 1.54) is 19.3 Å². The van der Waals surface area contributed by atoms with Crippen molar-refractivity contribution in [3.05, 3.63) is 35.9 Å². The van der Waals surface area contributed by atoms with E-state index in [-0.39, 0.29) is 0 Å². The average Bonchev–Trinajstić information content (AvgIpc) is 2.88. The fraction of sp³-hybridized carbons (Fsp3) is 0.562. The first-order chi connectivity index (χ1) is 9.72. The average molecular weight is 293 g/mol. The number of aliphatic carboxylic acids is 1. The molecular weight excluding hydrogens is 270 g/mol. The lowest BCUT2D eigenvalue weighted by Crippen LogP contribution is -2.38. The Morgan fingerprint density at radius 1 is 1.40 bits per heavy atom. The van der Waals surface area contributed by atoms with Gasteiger partial charge in [0.05, 0.1) is 5.92 Å². The SMILES string of the molecule is CCSC1CCCC1NCC(C(=O)O)c1ccccc1. The second-order valence-corrected chi connectivity index (χ2v) is 6.76. The Kier molecular flexibility index (Phi) is 5.92. The number of carboxylic acid groups (broad SMARTS) is 1. The van der Waals surface area contributed by atoms with Gasteiger partial charge in [0.15, 0.2) is 0 Å². The van der Waals surface area contributed by atoms with E-state index in [0.29, 0.717) is 17.8 Å². The van der Waals surface area contributed by atoms with E-state index in [9.17, 15) is 9.90 Å². The molecule has 20 heavy (non-hydrogen) atoms. The summed E-state index contributed by atoms with van der Waals surface area (Å²) in [6.45, 7) is 2.70. The van der Waals surface area contributed by atoms with Gasteiger partial charge >= 0.3 is 5.97 Å². The van der Waals surface area contributed by atoms with Crippen LogP contribution in [-0.2, 0) is 4.79 Å². The van der Waals surface area contributed by atoms with Gasteiger partial charge in [0, 0.05) is 17.8 Å². The molecule has 1 aromatic carbocycles. The van der Waals surface area contributed by atoms with Crippen molar-refractivity contribution < 1.29 is 9.90 Å². The molecule has 0 amide bonds. The Bertz CT molecular complexity index is 424. The van der Waals surface area contributed by atoms with Crippen molar-refractivity contribution in [2.45, 2.75) is 43.4 Å². The second kappa shape index (κ2) is 7.70. The number of carboxylic acids is 1. The smallest absolute Gasteiger partial charge is 0.312 e. The molecule has 3 unspecified atom stereocenters. The highest BCUT2D eigenvalue weighted by Gasteiger charge is 2.28. The molecule has 0 aromatic heterocycles. The van der Waals surface area contributed by atoms with E-state index < -0.39 is 11.9 Å². The molecule has 1 saturated carbocycles. The molecule has 3 nitrogen and oxygen atoms in total. The van der Waals surface area contributed by atoms with Gasteiger partial charge in [-0.3, -0.25) is 4.79 Å². The summed E-state index contributed by atoms with van der Waals surface area (Å²) in [6.07, 6.45) is 3.66. The summed E-state index contributed by atoms with van der Waals surface area (Å²) in [5.41, 5.74) is 0.880. The van der Waals surface area contributed by atoms with Crippen LogP contribution in [0.4, 0.5) is 0 Å². The van der Waals surface area contributed by atoms with E-state index in [1.807, 2.05) is 42.1 Å². The standard InChI is InChI=1S/C16H23NO2S/c1-2-20-15-10-6-9-14(15)17-11-13(16(18)19)12-7-4-3-5-8-12/h3-5,7-8,13-15,17H,2,6,9-11H2,1H3,(H,18,19). The van der Waals surface area contributed by atoms with Crippen molar-refractivity contribution in [1.82, 2.24) is 5.32 Å². The van der Waals surface area contributed by atoms with Gasteiger partial charge in [-0.2, -0.15) is 11.8 Å². The van der Waals surface area contributed by atoms with Crippen molar-refractivity contribution in [3.63, 3.8) is 0 Å². The molecule has 1 aliphatic carbocycles. The summed E-state index contributed by atoms with van der Waals surface area (Å²) in [5.74, 6) is -0.0744. The maximum atomic E-state index is 11.5. The van der Waals surface area contributed by atoms with Crippen molar-refractivity contribution in [2.24, 2.45) is 0 Å². The molecule has 0 saturated heterocycles. The van der Waals surface area contributed by atoms with Crippen molar-refractivity contribution in [3.8, 4) is 0 Å². The first-order valence-electron chi connectivity index (χ1n) is 7.35. The van der Waals surface area contributed by atoms with Gasteiger partial charge in [-0.1, -0.05) is 43.7 Å². The normalized spacial score (nSPS) is 23.6. The summed E-state index contributed by atoms with van der Waals surface area (Å²) in [6, 6.07) is 9.97. The van der Waals surface area contributed by atoms with E-state index >= 15 is 0 Å². The highest BCUT2D eigenvalue weighted by Crippen LogP contribution is 2.30. The van der Waals surface area contributed by atoms with Crippen LogP contribution in [0.25, 0.3) is 0 Å². The van der Waals surface area contributed by atoms with Gasteiger partial charge in [-0.25, -0.2) is 0 Å². The van der Waals surface area contributed by atoms with E-state index in [1.54, 1.807) is 0 Å². The van der Waals surface area contributed by atoms with Crippen LogP contribution in [0.1, 0.15) is 37.7 Å². The summed E-state index contributed by atoms with van der Waals surface area (Å²) in [7, 11) is 0. The van der Waals surface area contributed by atoms with Gasteiger partial charge in [0.2, 0.25) is 0 Å². The summed E-state index contributed by atoms with van der Waals surface area (Å²) in [5, 5.41) is 13.6. The number of benzene rings is 1. The number of hydrogen-bond donors (Lipinski definition) is 2. The fourth-order valence-corrected chi connectivity index (χ4v) is 4.10. The van der Waals surface area contributed by atoms with Gasteiger partial charge in [0.25, 0.3) is 0 Å². The zero-order valence-electron chi connectivity index (χ0n) is 11.9. The van der Waals surface area contributed by atoms with Crippen molar-refractivity contribution in [1.29, 1.82) is 0 Å². The molecule has 2 rings (SSSR count). The minimum absolute atomic E-state index is 0.455. The molecule has 0 spiro atoms. The van der Waals surface area contributed by atoms with Crippen LogP contribution >= 0.6 is 11.8 Å². The fourth-order valence-electron chi connectivity index (χ4n) is 2.88. The van der Waals surface area contributed by atoms with E-state index in [2.05, 4.69) is 12.2 Å². The highest BCUT2D eigenvalue weighted by molar-refractivity contribution is 7.99. The van der Waals surface area contributed by atoms with Gasteiger partial charge in [-0.05, 0) is 24.2 Å². The molecule has 110 valence electrons. The quantitative estimate of drug-likeness (QED) is 0.811. The largest absolute Gasteiger partial charge is 0.481 e. The molecule has 1 aromatic rings. The molecule has 0 heterocycles. The molecular formula is C16H23NO2S. The van der Waals surface area contributed by atoms with Crippen LogP contribution in [0.15, 0.2) is 30.3 Å². The van der Waals surface area contributed by atoms with Gasteiger partial charge in [0.1, 0.15) is 0 Å². The van der Waals surface area contributed by atoms with Crippen molar-refractivity contribution in [2.75, 3.05) is 12.3 Å². The Morgan fingerprint density at radius 2 is 2.15 bits per heavy atom. The van der Waals surface area contributed by atoms with Crippen LogP contribution in [0.2, 0.25) is 0 Å². The van der Waals surface area contributed by atoms with E-state index in [4.69, 9.17) is 0 Å². The Labute approximate surface area is 125 Å². The first kappa shape index (κ1) is 15.4. The zero-order chi connectivity index (χ0) is 14.4. The topological polar surface area (TPSA) is 49.3 Å². The minimum Gasteiger partial charge on any atom is -0.481 e. The third-order valence-electron chi connectivity index (χ3n) is 3.92. The van der Waals surface area contributed by atoms with Crippen LogP contribution in [0, 0.1) is 0 Å². The number of hydrogen-bond acceptors (Lipinski definition) is 3. The van der Waals surface area contributed by atoms with Crippen molar-refractivity contribution >= 4 is 17.7 Å². The lowest BCUT2D eigenvalue weighted by Gasteiger charge is -2.22. The predicted molar refractivity (Wildman–Crippen MR) is 84.4 cm³/mol. The number of thioether (sulfide) groups is 1. The lowest BCUT2D eigenvalue weighted by atomic mass is 9.99. The molecule has 1 aliphatic rings. The Hall–Kier alpha value is -1.00. The predicted octanol–water partition coefficient (Wildman–Crippen LogP) is 3.12. The maximum Gasteiger partial charge on any atom is 0.312 e. The maximum absolute atomic E-state index is 11.5. The molecule has 0 bridgehead atoms. The summed E-state index contributed by atoms with van der Waals surface area (Å²) >= 11 is 1.99. The molecule has 2 N–H and O–H groups in total. The van der Waals surface area contributed by atoms with E-state index in [0.717, 1.165) is 11.3 Å². The van der Waals surface area contributed by atoms with Gasteiger partial charge < -0.3 is 10.4 Å². The summed E-state index contributed by atoms with van der Waals surface area (Å²) < 4.78 is 0. The number of rotatable bonds is 7. The van der Waals surface area contributed by atoms with Crippen LogP contribution in [0.3, 0.4) is 0 Å². The van der Waals surface area contributed by atoms with Crippen LogP contribution in [-0.4, -0.2) is 34.7 Å². The van der Waals surface area contributed by atoms with Gasteiger partial charge in [-0.15, -0.1) is 0 Å². The Morgan fingerprint density at radius 3 is 2.80 bits per heavy atom. The number of nitrogens with one attached hydrogen (secondary N) is 1. The number of carbonyl (C=O) groups is 1. The first-order valence-corrected chi connectivity index (χ1v) is 8.40. The van der Waals surface area contributed by atoms with Crippen LogP contribution in [0.5, 0.6) is 0 Å².